The summed E-state index contributed by atoms with van der Waals surface area (Å²) in [5.41, 5.74) is 7.08. The van der Waals surface area contributed by atoms with E-state index < -0.39 is 6.10 Å². The highest BCUT2D eigenvalue weighted by Crippen LogP contribution is 2.42. The molecule has 1 aromatic carbocycles. The fourth-order valence-corrected chi connectivity index (χ4v) is 9.59. The van der Waals surface area contributed by atoms with E-state index in [1.165, 1.54) is 55.2 Å². The summed E-state index contributed by atoms with van der Waals surface area (Å²) in [5.74, 6) is 1.12. The van der Waals surface area contributed by atoms with Crippen molar-refractivity contribution in [1.82, 2.24) is 0 Å². The van der Waals surface area contributed by atoms with Crippen LogP contribution < -0.4 is 9.47 Å². The number of quaternary nitrogens is 1. The van der Waals surface area contributed by atoms with E-state index in [1.54, 1.807) is 0 Å². The number of aryl methyl sites for hydroxylation is 1. The number of ether oxygens (including phenoxy) is 3. The minimum atomic E-state index is -0.606. The fourth-order valence-electron chi connectivity index (χ4n) is 9.59. The van der Waals surface area contributed by atoms with Crippen LogP contribution in [0.15, 0.2) is 65.3 Å². The van der Waals surface area contributed by atoms with Crippen molar-refractivity contribution in [3.8, 4) is 11.5 Å². The fraction of sp³-hybridized carbons (Fsp3) is 0.710. The average Bonchev–Trinajstić information content (AvgIpc) is 3.31. The predicted molar refractivity (Wildman–Crippen MR) is 295 cm³/mol. The van der Waals surface area contributed by atoms with Crippen LogP contribution in [0.25, 0.3) is 0 Å². The van der Waals surface area contributed by atoms with E-state index in [9.17, 15) is 19.8 Å². The smallest absolute Gasteiger partial charge is 0.311 e. The van der Waals surface area contributed by atoms with Crippen LogP contribution >= 0.6 is 0 Å². The Bertz CT molecular complexity index is 1770. The Balaban J connectivity index is 1.75. The number of unbranched alkanes of at least 4 members (excludes halogenated alkanes) is 10. The minimum absolute atomic E-state index is 0.0437. The Morgan fingerprint density at radius 1 is 0.714 bits per heavy atom. The summed E-state index contributed by atoms with van der Waals surface area (Å²) >= 11 is 0. The summed E-state index contributed by atoms with van der Waals surface area (Å²) in [5, 5.41) is 21.4. The lowest BCUT2D eigenvalue weighted by molar-refractivity contribution is -0.931. The molecule has 2 rings (SSSR count). The first kappa shape index (κ1) is 62.7. The molecule has 0 bridgehead atoms. The van der Waals surface area contributed by atoms with Crippen LogP contribution in [0.3, 0.4) is 0 Å². The Morgan fingerprint density at radius 3 is 2.03 bits per heavy atom. The van der Waals surface area contributed by atoms with Crippen LogP contribution in [0.4, 0.5) is 0 Å². The number of aliphatic hydroxyl groups is 2. The maximum Gasteiger partial charge on any atom is 0.311 e. The number of rotatable bonds is 40. The summed E-state index contributed by atoms with van der Waals surface area (Å²) in [6.07, 6.45) is 41.8. The number of benzene rings is 1. The zero-order chi connectivity index (χ0) is 51.5. The van der Waals surface area contributed by atoms with E-state index in [0.717, 1.165) is 145 Å². The molecule has 3 atom stereocenters. The van der Waals surface area contributed by atoms with Gasteiger partial charge in [-0.05, 0) is 193 Å². The minimum Gasteiger partial charge on any atom is -0.487 e. The van der Waals surface area contributed by atoms with Crippen molar-refractivity contribution < 1.29 is 38.5 Å². The third-order valence-electron chi connectivity index (χ3n) is 14.4. The SMILES string of the molecule is CCCCC/C=C/C/C=C/CCCCCCCC(=O)OCCCC[N+](CCO)(CCCC)CC(O)CCCC(=O)Oc1cc2c(c(C)c1C)OC(C)(CC/C=C(\C)CC/C=C(\C)CCC=C(C)C)CC2. The van der Waals surface area contributed by atoms with Gasteiger partial charge in [-0.2, -0.15) is 0 Å². The second-order valence-corrected chi connectivity index (χ2v) is 21.4. The third kappa shape index (κ3) is 28.0. The lowest BCUT2D eigenvalue weighted by atomic mass is 9.86. The lowest BCUT2D eigenvalue weighted by Gasteiger charge is -2.40. The lowest BCUT2D eigenvalue weighted by Crippen LogP contribution is -2.55. The molecule has 0 saturated carbocycles. The van der Waals surface area contributed by atoms with Gasteiger partial charge in [0.2, 0.25) is 0 Å². The van der Waals surface area contributed by atoms with Crippen LogP contribution in [0.5, 0.6) is 11.5 Å². The van der Waals surface area contributed by atoms with E-state index in [4.69, 9.17) is 14.2 Å². The van der Waals surface area contributed by atoms with Gasteiger partial charge in [-0.1, -0.05) is 112 Å². The number of hydrogen-bond acceptors (Lipinski definition) is 7. The molecule has 1 aromatic rings. The number of hydrogen-bond donors (Lipinski definition) is 2. The molecule has 8 nitrogen and oxygen atoms in total. The van der Waals surface area contributed by atoms with Crippen LogP contribution in [-0.4, -0.2) is 77.7 Å². The summed E-state index contributed by atoms with van der Waals surface area (Å²) in [6, 6.07) is 2.00. The molecule has 2 N–H and O–H groups in total. The molecule has 0 spiro atoms. The van der Waals surface area contributed by atoms with Crippen molar-refractivity contribution in [2.75, 3.05) is 39.4 Å². The summed E-state index contributed by atoms with van der Waals surface area (Å²) in [7, 11) is 0. The molecule has 1 aliphatic heterocycles. The first-order valence-electron chi connectivity index (χ1n) is 28.2. The van der Waals surface area contributed by atoms with Crippen LogP contribution in [0.1, 0.15) is 232 Å². The maximum atomic E-state index is 13.2. The summed E-state index contributed by atoms with van der Waals surface area (Å²) in [6.45, 7) is 22.7. The van der Waals surface area contributed by atoms with Gasteiger partial charge >= 0.3 is 11.9 Å². The quantitative estimate of drug-likeness (QED) is 0.0222. The Kier molecular flexibility index (Phi) is 33.4. The topological polar surface area (TPSA) is 102 Å². The number of aliphatic hydroxyl groups excluding tert-OH is 2. The van der Waals surface area contributed by atoms with Crippen molar-refractivity contribution >= 4 is 11.9 Å². The van der Waals surface area contributed by atoms with Gasteiger partial charge in [-0.15, -0.1) is 0 Å². The Morgan fingerprint density at radius 2 is 1.34 bits per heavy atom. The van der Waals surface area contributed by atoms with Crippen molar-refractivity contribution in [2.24, 2.45) is 0 Å². The molecule has 0 fully saturated rings. The van der Waals surface area contributed by atoms with Gasteiger partial charge in [0, 0.05) is 12.8 Å². The highest BCUT2D eigenvalue weighted by molar-refractivity contribution is 5.73. The molecule has 1 heterocycles. The highest BCUT2D eigenvalue weighted by atomic mass is 16.5. The second-order valence-electron chi connectivity index (χ2n) is 21.4. The van der Waals surface area contributed by atoms with Gasteiger partial charge < -0.3 is 28.9 Å². The van der Waals surface area contributed by atoms with E-state index in [-0.39, 0.29) is 30.6 Å². The molecule has 0 amide bonds. The zero-order valence-corrected chi connectivity index (χ0v) is 46.4. The van der Waals surface area contributed by atoms with Gasteiger partial charge in [0.25, 0.3) is 0 Å². The van der Waals surface area contributed by atoms with E-state index >= 15 is 0 Å². The summed E-state index contributed by atoms with van der Waals surface area (Å²) < 4.78 is 18.9. The number of allylic oxidation sites excluding steroid dienone is 10. The number of carbonyl (C=O) groups is 2. The third-order valence-corrected chi connectivity index (χ3v) is 14.4. The van der Waals surface area contributed by atoms with Crippen LogP contribution in [-0.2, 0) is 20.7 Å². The monoisotopic (exact) mass is 975 g/mol. The number of nitrogens with zero attached hydrogens (tertiary/aromatic N) is 1. The second kappa shape index (κ2) is 37.3. The molecule has 0 aromatic heterocycles. The number of esters is 2. The van der Waals surface area contributed by atoms with Crippen molar-refractivity contribution in [2.45, 2.75) is 247 Å². The largest absolute Gasteiger partial charge is 0.487 e. The first-order chi connectivity index (χ1) is 33.7. The van der Waals surface area contributed by atoms with Crippen molar-refractivity contribution in [3.63, 3.8) is 0 Å². The van der Waals surface area contributed by atoms with Gasteiger partial charge in [-0.25, -0.2) is 0 Å². The van der Waals surface area contributed by atoms with Crippen molar-refractivity contribution in [3.05, 3.63) is 82.0 Å². The van der Waals surface area contributed by atoms with Crippen LogP contribution in [0.2, 0.25) is 0 Å². The van der Waals surface area contributed by atoms with E-state index in [1.807, 2.05) is 13.0 Å². The maximum absolute atomic E-state index is 13.2. The standard InChI is InChI=1S/C62H104NO7/c1-10-12-14-15-16-17-18-19-20-21-22-23-24-25-26-39-59(66)68-48-28-27-45-63(46-47-64,44-13-11-2)50-57(65)38-31-40-60(67)69-58-49-56-41-43-62(9,70-61(56)55(8)54(58)7)42-32-37-53(6)36-30-35-52(5)34-29-33-51(3)4/h16-17,19-20,33,35,37,49,57,64-65H,10-15,18,21-32,34,36,38-48,50H2,1-9H3/q+1/b17-16+,20-19+,52-35+,53-37+. The zero-order valence-electron chi connectivity index (χ0n) is 46.4. The van der Waals surface area contributed by atoms with Crippen LogP contribution in [0, 0.1) is 13.8 Å². The normalized spacial score (nSPS) is 16.6. The Hall–Kier alpha value is -3.46. The molecule has 8 heteroatoms. The number of fused-ring (bicyclic) bond motifs is 1. The Labute approximate surface area is 429 Å². The summed E-state index contributed by atoms with van der Waals surface area (Å²) in [4.78, 5) is 25.6. The van der Waals surface area contributed by atoms with Gasteiger partial charge in [0.05, 0.1) is 26.3 Å². The molecule has 70 heavy (non-hydrogen) atoms. The predicted octanol–water partition coefficient (Wildman–Crippen LogP) is 15.8. The van der Waals surface area contributed by atoms with Gasteiger partial charge in [0.1, 0.15) is 36.3 Å². The van der Waals surface area contributed by atoms with E-state index in [2.05, 4.69) is 97.9 Å². The molecule has 0 aliphatic carbocycles. The number of carbonyl (C=O) groups excluding carboxylic acids is 2. The molecule has 398 valence electrons. The molecule has 3 unspecified atom stereocenters. The van der Waals surface area contributed by atoms with Gasteiger partial charge in [0.15, 0.2) is 0 Å². The molecule has 0 saturated heterocycles. The highest BCUT2D eigenvalue weighted by Gasteiger charge is 2.33. The first-order valence-corrected chi connectivity index (χ1v) is 28.2. The molecular formula is C62H104NO7+. The molecule has 1 aliphatic rings. The van der Waals surface area contributed by atoms with Gasteiger partial charge in [-0.3, -0.25) is 9.59 Å². The van der Waals surface area contributed by atoms with Crippen molar-refractivity contribution in [1.29, 1.82) is 0 Å². The average molecular weight is 976 g/mol. The van der Waals surface area contributed by atoms with E-state index in [0.29, 0.717) is 49.2 Å². The molecular weight excluding hydrogens is 871 g/mol. The molecule has 0 radical (unpaired) electrons.